The molecule has 1 fully saturated rings. The van der Waals surface area contributed by atoms with E-state index in [0.29, 0.717) is 34.7 Å². The molecule has 2 aromatic rings. The fraction of sp³-hybridized carbons (Fsp3) is 0.333. The van der Waals surface area contributed by atoms with E-state index in [-0.39, 0.29) is 11.5 Å². The maximum atomic E-state index is 8.70. The molecule has 1 saturated carbocycles. The topological polar surface area (TPSA) is 107 Å². The monoisotopic (exact) mass is 405 g/mol. The van der Waals surface area contributed by atoms with Crippen LogP contribution in [0.3, 0.4) is 0 Å². The van der Waals surface area contributed by atoms with E-state index >= 15 is 0 Å². The van der Waals surface area contributed by atoms with E-state index in [0.717, 1.165) is 18.6 Å². The first-order chi connectivity index (χ1) is 14.5. The van der Waals surface area contributed by atoms with Gasteiger partial charge in [0.2, 0.25) is 0 Å². The van der Waals surface area contributed by atoms with Gasteiger partial charge in [0.1, 0.15) is 23.2 Å². The van der Waals surface area contributed by atoms with Crippen molar-refractivity contribution in [1.29, 1.82) is 10.8 Å². The number of nitrogens with one attached hydrogen (secondary N) is 4. The third-order valence-electron chi connectivity index (χ3n) is 5.43. The zero-order valence-electron chi connectivity index (χ0n) is 17.7. The molecule has 0 spiro atoms. The van der Waals surface area contributed by atoms with Gasteiger partial charge >= 0.3 is 0 Å². The number of benzene rings is 2. The van der Waals surface area contributed by atoms with E-state index in [9.17, 15) is 0 Å². The maximum absolute atomic E-state index is 8.70. The molecule has 6 N–H and O–H groups in total. The molecule has 1 aliphatic carbocycles. The van der Waals surface area contributed by atoms with Crippen molar-refractivity contribution < 1.29 is 4.74 Å². The zero-order valence-corrected chi connectivity index (χ0v) is 17.7. The third-order valence-corrected chi connectivity index (χ3v) is 5.43. The van der Waals surface area contributed by atoms with Crippen LogP contribution in [0.25, 0.3) is 0 Å². The van der Waals surface area contributed by atoms with Gasteiger partial charge in [0.25, 0.3) is 0 Å². The molecular formula is C24H31N5O. The largest absolute Gasteiger partial charge is 0.457 e. The molecule has 30 heavy (non-hydrogen) atoms. The highest BCUT2D eigenvalue weighted by molar-refractivity contribution is 6.27. The number of ether oxygens (including phenoxy) is 1. The maximum Gasteiger partial charge on any atom is 0.128 e. The molecule has 0 heterocycles. The predicted molar refractivity (Wildman–Crippen MR) is 122 cm³/mol. The molecule has 3 rings (SSSR count). The Bertz CT molecular complexity index is 905. The van der Waals surface area contributed by atoms with Gasteiger partial charge in [0.05, 0.1) is 11.3 Å². The normalized spacial score (nSPS) is 19.4. The molecule has 0 radical (unpaired) electrons. The Balaban J connectivity index is 1.79. The fourth-order valence-corrected chi connectivity index (χ4v) is 3.89. The lowest BCUT2D eigenvalue weighted by atomic mass is 9.87. The summed E-state index contributed by atoms with van der Waals surface area (Å²) >= 11 is 0. The summed E-state index contributed by atoms with van der Waals surface area (Å²) in [6.45, 7) is 2.27. The summed E-state index contributed by atoms with van der Waals surface area (Å²) in [4.78, 5) is 0. The molecule has 6 nitrogen and oxygen atoms in total. The van der Waals surface area contributed by atoms with Crippen LogP contribution in [0.15, 0.2) is 66.0 Å². The molecular weight excluding hydrogens is 374 g/mol. The first-order valence-electron chi connectivity index (χ1n) is 10.4. The van der Waals surface area contributed by atoms with Crippen LogP contribution in [0.5, 0.6) is 11.5 Å². The van der Waals surface area contributed by atoms with Gasteiger partial charge in [-0.05, 0) is 55.2 Å². The lowest BCUT2D eigenvalue weighted by Crippen LogP contribution is -2.40. The summed E-state index contributed by atoms with van der Waals surface area (Å²) in [6.07, 6.45) is 4.60. The average Bonchev–Trinajstić information content (AvgIpc) is 2.74. The van der Waals surface area contributed by atoms with Crippen molar-refractivity contribution >= 4 is 11.5 Å². The van der Waals surface area contributed by atoms with Crippen LogP contribution in [0.4, 0.5) is 0 Å². The number of rotatable bonds is 8. The van der Waals surface area contributed by atoms with Gasteiger partial charge in [-0.1, -0.05) is 38.0 Å². The standard InChI is InChI=1S/C24H31N5O/c1-16-7-6-8-18(15-16)29-24(28-2)21(23(26)27)22(25)17-11-13-20(14-12-17)30-19-9-4-3-5-10-19/h3-5,9-14,16,18,25,28-29H,6-8,15H2,1-2H3,(H3,26,27)/b24-21+,25-22?. The van der Waals surface area contributed by atoms with E-state index < -0.39 is 0 Å². The summed E-state index contributed by atoms with van der Waals surface area (Å²) in [5.41, 5.74) is 7.15. The lowest BCUT2D eigenvalue weighted by Gasteiger charge is -2.30. The number of hydrogen-bond donors (Lipinski definition) is 5. The van der Waals surface area contributed by atoms with Gasteiger partial charge in [-0.15, -0.1) is 0 Å². The van der Waals surface area contributed by atoms with Gasteiger partial charge in [0, 0.05) is 18.7 Å². The van der Waals surface area contributed by atoms with E-state index in [2.05, 4.69) is 17.6 Å². The number of hydrogen-bond acceptors (Lipinski definition) is 5. The summed E-state index contributed by atoms with van der Waals surface area (Å²) in [6, 6.07) is 17.2. The van der Waals surface area contributed by atoms with Crippen LogP contribution in [0.1, 0.15) is 38.2 Å². The second-order valence-electron chi connectivity index (χ2n) is 7.84. The minimum absolute atomic E-state index is 0.134. The van der Waals surface area contributed by atoms with Gasteiger partial charge in [-0.3, -0.25) is 10.8 Å². The molecule has 0 aliphatic heterocycles. The third kappa shape index (κ3) is 5.41. The first-order valence-corrected chi connectivity index (χ1v) is 10.4. The van der Waals surface area contributed by atoms with E-state index in [1.807, 2.05) is 54.6 Å². The van der Waals surface area contributed by atoms with Crippen LogP contribution < -0.4 is 21.1 Å². The van der Waals surface area contributed by atoms with Gasteiger partial charge in [-0.2, -0.15) is 0 Å². The van der Waals surface area contributed by atoms with Crippen LogP contribution in [-0.4, -0.2) is 24.6 Å². The van der Waals surface area contributed by atoms with Gasteiger partial charge < -0.3 is 21.1 Å². The predicted octanol–water partition coefficient (Wildman–Crippen LogP) is 4.38. The highest BCUT2D eigenvalue weighted by atomic mass is 16.5. The van der Waals surface area contributed by atoms with E-state index in [1.54, 1.807) is 7.05 Å². The second kappa shape index (κ2) is 9.96. The smallest absolute Gasteiger partial charge is 0.128 e. The van der Waals surface area contributed by atoms with Crippen LogP contribution in [0.2, 0.25) is 0 Å². The highest BCUT2D eigenvalue weighted by Crippen LogP contribution is 2.25. The number of para-hydroxylation sites is 1. The molecule has 2 unspecified atom stereocenters. The lowest BCUT2D eigenvalue weighted by molar-refractivity contribution is 0.312. The Morgan fingerprint density at radius 3 is 2.27 bits per heavy atom. The molecule has 2 atom stereocenters. The Hall–Kier alpha value is -3.28. The summed E-state index contributed by atoms with van der Waals surface area (Å²) in [5.74, 6) is 2.62. The minimum atomic E-state index is -0.134. The van der Waals surface area contributed by atoms with Crippen molar-refractivity contribution in [2.24, 2.45) is 11.7 Å². The first kappa shape index (κ1) is 21.4. The molecule has 1 aliphatic rings. The van der Waals surface area contributed by atoms with E-state index in [4.69, 9.17) is 21.3 Å². The van der Waals surface area contributed by atoms with Crippen molar-refractivity contribution in [3.63, 3.8) is 0 Å². The fourth-order valence-electron chi connectivity index (χ4n) is 3.89. The summed E-state index contributed by atoms with van der Waals surface area (Å²) < 4.78 is 5.83. The molecule has 158 valence electrons. The number of nitrogens with two attached hydrogens (primary N) is 1. The molecule has 0 amide bonds. The highest BCUT2D eigenvalue weighted by Gasteiger charge is 2.22. The Morgan fingerprint density at radius 1 is 1.00 bits per heavy atom. The Morgan fingerprint density at radius 2 is 1.67 bits per heavy atom. The van der Waals surface area contributed by atoms with Crippen molar-refractivity contribution in [3.05, 3.63) is 71.6 Å². The SMILES string of the molecule is CN/C(NC1CCCC(C)C1)=C(\C(=N)N)C(=N)c1ccc(Oc2ccccc2)cc1. The molecule has 6 heteroatoms. The van der Waals surface area contributed by atoms with Crippen LogP contribution >= 0.6 is 0 Å². The number of amidine groups is 1. The zero-order chi connectivity index (χ0) is 21.5. The van der Waals surface area contributed by atoms with Gasteiger partial charge in [0.15, 0.2) is 0 Å². The minimum Gasteiger partial charge on any atom is -0.457 e. The van der Waals surface area contributed by atoms with Crippen LogP contribution in [-0.2, 0) is 0 Å². The average molecular weight is 406 g/mol. The Labute approximate surface area is 178 Å². The summed E-state index contributed by atoms with van der Waals surface area (Å²) in [7, 11) is 1.79. The van der Waals surface area contributed by atoms with Crippen LogP contribution in [0, 0.1) is 16.7 Å². The quantitative estimate of drug-likeness (QED) is 0.332. The van der Waals surface area contributed by atoms with Crippen molar-refractivity contribution in [2.45, 2.75) is 38.6 Å². The molecule has 0 aromatic heterocycles. The molecule has 0 saturated heterocycles. The summed E-state index contributed by atoms with van der Waals surface area (Å²) in [5, 5.41) is 23.4. The van der Waals surface area contributed by atoms with Gasteiger partial charge in [-0.25, -0.2) is 0 Å². The van der Waals surface area contributed by atoms with Crippen molar-refractivity contribution in [1.82, 2.24) is 10.6 Å². The van der Waals surface area contributed by atoms with E-state index in [1.165, 1.54) is 12.8 Å². The molecule has 0 bridgehead atoms. The second-order valence-corrected chi connectivity index (χ2v) is 7.84. The Kier molecular flexibility index (Phi) is 7.12. The van der Waals surface area contributed by atoms with Crippen molar-refractivity contribution in [2.75, 3.05) is 7.05 Å². The molecule has 2 aromatic carbocycles. The van der Waals surface area contributed by atoms with Crippen molar-refractivity contribution in [3.8, 4) is 11.5 Å².